The Morgan fingerprint density at radius 2 is 1.59 bits per heavy atom. The Kier molecular flexibility index (Phi) is 4.35. The van der Waals surface area contributed by atoms with Crippen molar-refractivity contribution in [2.75, 3.05) is 19.0 Å². The van der Waals surface area contributed by atoms with Gasteiger partial charge in [-0.3, -0.25) is 10.1 Å². The van der Waals surface area contributed by atoms with Crippen molar-refractivity contribution in [3.63, 3.8) is 0 Å². The standard InChI is InChI=1S/C17H20N2O3/c1-11-8-15(9-12(2)13(11)3)22-14-6-7-16(19(20)21)17(10-14)18(4)5/h6-10H,1-5H3. The SMILES string of the molecule is Cc1cc(Oc2ccc([N+](=O)[O-])c(N(C)C)c2)cc(C)c1C. The van der Waals surface area contributed by atoms with Gasteiger partial charge in [0.2, 0.25) is 0 Å². The highest BCUT2D eigenvalue weighted by Crippen LogP contribution is 2.33. The fraction of sp³-hybridized carbons (Fsp3) is 0.294. The molecule has 5 heteroatoms. The third-order valence-corrected chi connectivity index (χ3v) is 3.76. The molecule has 0 heterocycles. The minimum atomic E-state index is -0.390. The monoisotopic (exact) mass is 300 g/mol. The normalized spacial score (nSPS) is 10.4. The molecule has 5 nitrogen and oxygen atoms in total. The van der Waals surface area contributed by atoms with Gasteiger partial charge in [-0.05, 0) is 55.7 Å². The van der Waals surface area contributed by atoms with Crippen LogP contribution in [0.3, 0.4) is 0 Å². The number of ether oxygens (including phenoxy) is 1. The summed E-state index contributed by atoms with van der Waals surface area (Å²) in [6, 6.07) is 8.72. The number of nitro benzene ring substituents is 1. The van der Waals surface area contributed by atoms with Gasteiger partial charge in [0.05, 0.1) is 4.92 Å². The van der Waals surface area contributed by atoms with Gasteiger partial charge in [0, 0.05) is 26.2 Å². The molecule has 0 atom stereocenters. The number of hydrogen-bond donors (Lipinski definition) is 0. The summed E-state index contributed by atoms with van der Waals surface area (Å²) in [6.45, 7) is 6.15. The van der Waals surface area contributed by atoms with E-state index in [4.69, 9.17) is 4.74 Å². The molecule has 2 rings (SSSR count). The van der Waals surface area contributed by atoms with Crippen molar-refractivity contribution in [1.29, 1.82) is 0 Å². The molecule has 0 N–H and O–H groups in total. The number of benzene rings is 2. The Labute approximate surface area is 130 Å². The molecule has 0 saturated heterocycles. The van der Waals surface area contributed by atoms with Crippen LogP contribution in [0.1, 0.15) is 16.7 Å². The van der Waals surface area contributed by atoms with E-state index in [1.54, 1.807) is 31.1 Å². The molecule has 0 fully saturated rings. The summed E-state index contributed by atoms with van der Waals surface area (Å²) in [7, 11) is 3.54. The van der Waals surface area contributed by atoms with Crippen LogP contribution in [0, 0.1) is 30.9 Å². The first-order valence-corrected chi connectivity index (χ1v) is 7.01. The zero-order chi connectivity index (χ0) is 16.4. The zero-order valence-corrected chi connectivity index (χ0v) is 13.5. The summed E-state index contributed by atoms with van der Waals surface area (Å²) in [4.78, 5) is 12.4. The van der Waals surface area contributed by atoms with Gasteiger partial charge in [0.15, 0.2) is 0 Å². The summed E-state index contributed by atoms with van der Waals surface area (Å²) in [5.41, 5.74) is 4.14. The third kappa shape index (κ3) is 3.19. The van der Waals surface area contributed by atoms with E-state index in [1.165, 1.54) is 11.6 Å². The topological polar surface area (TPSA) is 55.6 Å². The number of nitrogens with zero attached hydrogens (tertiary/aromatic N) is 2. The number of aryl methyl sites for hydroxylation is 2. The predicted molar refractivity (Wildman–Crippen MR) is 88.2 cm³/mol. The molecule has 0 amide bonds. The number of hydrogen-bond acceptors (Lipinski definition) is 4. The van der Waals surface area contributed by atoms with Crippen LogP contribution in [0.25, 0.3) is 0 Å². The lowest BCUT2D eigenvalue weighted by Gasteiger charge is -2.15. The van der Waals surface area contributed by atoms with Gasteiger partial charge in [-0.25, -0.2) is 0 Å². The molecule has 0 aliphatic carbocycles. The Balaban J connectivity index is 2.38. The molecule has 0 bridgehead atoms. The van der Waals surface area contributed by atoms with Gasteiger partial charge in [-0.1, -0.05) is 0 Å². The van der Waals surface area contributed by atoms with Gasteiger partial charge in [-0.15, -0.1) is 0 Å². The Bertz CT molecular complexity index is 701. The zero-order valence-electron chi connectivity index (χ0n) is 13.5. The van der Waals surface area contributed by atoms with Crippen LogP contribution < -0.4 is 9.64 Å². The highest BCUT2D eigenvalue weighted by atomic mass is 16.6. The molecule has 0 aromatic heterocycles. The predicted octanol–water partition coefficient (Wildman–Crippen LogP) is 4.38. The van der Waals surface area contributed by atoms with Gasteiger partial charge in [0.1, 0.15) is 17.2 Å². The average Bonchev–Trinajstić information content (AvgIpc) is 2.44. The van der Waals surface area contributed by atoms with E-state index < -0.39 is 0 Å². The van der Waals surface area contributed by atoms with Crippen LogP contribution in [-0.2, 0) is 0 Å². The maximum absolute atomic E-state index is 11.1. The lowest BCUT2D eigenvalue weighted by molar-refractivity contribution is -0.384. The minimum Gasteiger partial charge on any atom is -0.457 e. The number of rotatable bonds is 4. The first-order chi connectivity index (χ1) is 10.3. The molecule has 0 aliphatic heterocycles. The van der Waals surface area contributed by atoms with Crippen molar-refractivity contribution >= 4 is 11.4 Å². The fourth-order valence-corrected chi connectivity index (χ4v) is 2.27. The summed E-state index contributed by atoms with van der Waals surface area (Å²) in [6.07, 6.45) is 0. The molecule has 0 saturated carbocycles. The molecule has 116 valence electrons. The molecular formula is C17H20N2O3. The van der Waals surface area contributed by atoms with Crippen molar-refractivity contribution in [2.24, 2.45) is 0 Å². The van der Waals surface area contributed by atoms with Crippen LogP contribution >= 0.6 is 0 Å². The van der Waals surface area contributed by atoms with Crippen molar-refractivity contribution < 1.29 is 9.66 Å². The van der Waals surface area contributed by atoms with Gasteiger partial charge in [0.25, 0.3) is 5.69 Å². The van der Waals surface area contributed by atoms with Crippen LogP contribution in [0.15, 0.2) is 30.3 Å². The van der Waals surface area contributed by atoms with Crippen molar-refractivity contribution in [3.8, 4) is 11.5 Å². The Morgan fingerprint density at radius 1 is 1.00 bits per heavy atom. The molecule has 2 aromatic carbocycles. The second kappa shape index (κ2) is 6.05. The third-order valence-electron chi connectivity index (χ3n) is 3.76. The summed E-state index contributed by atoms with van der Waals surface area (Å²) >= 11 is 0. The van der Waals surface area contributed by atoms with Crippen molar-refractivity contribution in [1.82, 2.24) is 0 Å². The second-order valence-corrected chi connectivity index (χ2v) is 5.59. The van der Waals surface area contributed by atoms with E-state index >= 15 is 0 Å². The van der Waals surface area contributed by atoms with Crippen LogP contribution in [0.2, 0.25) is 0 Å². The molecule has 0 unspecified atom stereocenters. The lowest BCUT2D eigenvalue weighted by Crippen LogP contribution is -2.11. The van der Waals surface area contributed by atoms with Crippen LogP contribution in [0.5, 0.6) is 11.5 Å². The quantitative estimate of drug-likeness (QED) is 0.621. The molecule has 22 heavy (non-hydrogen) atoms. The highest BCUT2D eigenvalue weighted by molar-refractivity contribution is 5.65. The molecule has 0 aliphatic rings. The van der Waals surface area contributed by atoms with Crippen LogP contribution in [0.4, 0.5) is 11.4 Å². The average molecular weight is 300 g/mol. The molecule has 0 spiro atoms. The summed E-state index contributed by atoms with van der Waals surface area (Å²) in [5, 5.41) is 11.1. The summed E-state index contributed by atoms with van der Waals surface area (Å²) < 4.78 is 5.87. The first-order valence-electron chi connectivity index (χ1n) is 7.01. The maximum Gasteiger partial charge on any atom is 0.292 e. The first kappa shape index (κ1) is 15.8. The molecular weight excluding hydrogens is 280 g/mol. The maximum atomic E-state index is 11.1. The highest BCUT2D eigenvalue weighted by Gasteiger charge is 2.16. The van der Waals surface area contributed by atoms with Crippen molar-refractivity contribution in [3.05, 3.63) is 57.1 Å². The summed E-state index contributed by atoms with van der Waals surface area (Å²) in [5.74, 6) is 1.32. The number of anilines is 1. The smallest absolute Gasteiger partial charge is 0.292 e. The van der Waals surface area contributed by atoms with E-state index in [0.717, 1.165) is 16.9 Å². The van der Waals surface area contributed by atoms with Gasteiger partial charge in [-0.2, -0.15) is 0 Å². The van der Waals surface area contributed by atoms with E-state index in [9.17, 15) is 10.1 Å². The minimum absolute atomic E-state index is 0.0635. The van der Waals surface area contributed by atoms with E-state index in [2.05, 4.69) is 6.92 Å². The Hall–Kier alpha value is -2.56. The van der Waals surface area contributed by atoms with Crippen LogP contribution in [-0.4, -0.2) is 19.0 Å². The fourth-order valence-electron chi connectivity index (χ4n) is 2.27. The van der Waals surface area contributed by atoms with Crippen molar-refractivity contribution in [2.45, 2.75) is 20.8 Å². The van der Waals surface area contributed by atoms with E-state index in [0.29, 0.717) is 11.4 Å². The largest absolute Gasteiger partial charge is 0.457 e. The molecule has 2 aromatic rings. The van der Waals surface area contributed by atoms with Gasteiger partial charge < -0.3 is 9.64 Å². The Morgan fingerprint density at radius 3 is 2.09 bits per heavy atom. The van der Waals surface area contributed by atoms with E-state index in [1.807, 2.05) is 26.0 Å². The number of nitro groups is 1. The van der Waals surface area contributed by atoms with E-state index in [-0.39, 0.29) is 10.6 Å². The second-order valence-electron chi connectivity index (χ2n) is 5.59. The van der Waals surface area contributed by atoms with Gasteiger partial charge >= 0.3 is 0 Å². The lowest BCUT2D eigenvalue weighted by atomic mass is 10.0. The molecule has 0 radical (unpaired) electrons.